The van der Waals surface area contributed by atoms with Crippen LogP contribution in [0.15, 0.2) is 45.3 Å². The van der Waals surface area contributed by atoms with Crippen molar-refractivity contribution in [2.75, 3.05) is 12.8 Å². The van der Waals surface area contributed by atoms with Gasteiger partial charge in [0.1, 0.15) is 5.75 Å². The van der Waals surface area contributed by atoms with Crippen LogP contribution in [0, 0.1) is 0 Å². The van der Waals surface area contributed by atoms with Gasteiger partial charge in [-0.25, -0.2) is 4.98 Å². The third-order valence-corrected chi connectivity index (χ3v) is 4.15. The molecule has 2 aromatic carbocycles. The molecule has 6 heteroatoms. The first-order chi connectivity index (χ1) is 9.60. The Hall–Kier alpha value is -1.53. The summed E-state index contributed by atoms with van der Waals surface area (Å²) in [6, 6.07) is 11.7. The van der Waals surface area contributed by atoms with E-state index >= 15 is 0 Å². The van der Waals surface area contributed by atoms with Gasteiger partial charge in [-0.3, -0.25) is 4.57 Å². The Morgan fingerprint density at radius 2 is 1.95 bits per heavy atom. The average molecular weight is 397 g/mol. The Morgan fingerprint density at radius 3 is 2.65 bits per heavy atom. The standard InChI is InChI=1S/C14H11Br2N3O/c1-20-13-5-3-9(7-10(13)16)19-12-4-2-8(15)6-11(12)18-14(19)17/h2-7H,1H3,(H2,17,18). The topological polar surface area (TPSA) is 53.1 Å². The first kappa shape index (κ1) is 13.5. The molecular weight excluding hydrogens is 386 g/mol. The number of hydrogen-bond acceptors (Lipinski definition) is 3. The molecule has 1 heterocycles. The zero-order chi connectivity index (χ0) is 14.3. The molecule has 0 saturated carbocycles. The number of halogens is 2. The highest BCUT2D eigenvalue weighted by atomic mass is 79.9. The number of imidazole rings is 1. The number of nitrogens with zero attached hydrogens (tertiary/aromatic N) is 2. The van der Waals surface area contributed by atoms with Crippen molar-refractivity contribution in [2.45, 2.75) is 0 Å². The van der Waals surface area contributed by atoms with E-state index in [1.807, 2.05) is 41.0 Å². The molecule has 0 radical (unpaired) electrons. The maximum Gasteiger partial charge on any atom is 0.205 e. The highest BCUT2D eigenvalue weighted by molar-refractivity contribution is 9.10. The maximum atomic E-state index is 6.05. The highest BCUT2D eigenvalue weighted by Gasteiger charge is 2.11. The fourth-order valence-electron chi connectivity index (χ4n) is 2.14. The molecule has 20 heavy (non-hydrogen) atoms. The number of rotatable bonds is 2. The number of nitrogen functional groups attached to an aromatic ring is 1. The molecule has 1 aromatic heterocycles. The van der Waals surface area contributed by atoms with Crippen LogP contribution in [0.2, 0.25) is 0 Å². The van der Waals surface area contributed by atoms with Crippen LogP contribution >= 0.6 is 31.9 Å². The summed E-state index contributed by atoms with van der Waals surface area (Å²) < 4.78 is 9.00. The summed E-state index contributed by atoms with van der Waals surface area (Å²) in [6.45, 7) is 0. The second kappa shape index (κ2) is 5.10. The third-order valence-electron chi connectivity index (χ3n) is 3.04. The molecule has 0 atom stereocenters. The monoisotopic (exact) mass is 395 g/mol. The first-order valence-corrected chi connectivity index (χ1v) is 7.46. The van der Waals surface area contributed by atoms with Crippen molar-refractivity contribution in [3.8, 4) is 11.4 Å². The molecule has 0 spiro atoms. The lowest BCUT2D eigenvalue weighted by Gasteiger charge is -2.09. The number of aromatic nitrogens is 2. The van der Waals surface area contributed by atoms with Crippen molar-refractivity contribution in [3.05, 3.63) is 45.3 Å². The van der Waals surface area contributed by atoms with Crippen molar-refractivity contribution in [3.63, 3.8) is 0 Å². The molecule has 3 aromatic rings. The normalized spacial score (nSPS) is 10.9. The molecule has 0 unspecified atom stereocenters. The number of hydrogen-bond donors (Lipinski definition) is 1. The van der Waals surface area contributed by atoms with Crippen molar-refractivity contribution in [1.82, 2.24) is 9.55 Å². The van der Waals surface area contributed by atoms with Crippen LogP contribution in [0.4, 0.5) is 5.95 Å². The molecule has 3 rings (SSSR count). The minimum absolute atomic E-state index is 0.454. The van der Waals surface area contributed by atoms with E-state index in [-0.39, 0.29) is 0 Å². The van der Waals surface area contributed by atoms with Gasteiger partial charge in [0.2, 0.25) is 5.95 Å². The number of benzene rings is 2. The van der Waals surface area contributed by atoms with Crippen LogP contribution in [0.25, 0.3) is 16.7 Å². The van der Waals surface area contributed by atoms with Crippen LogP contribution in [-0.2, 0) is 0 Å². The summed E-state index contributed by atoms with van der Waals surface area (Å²) in [6.07, 6.45) is 0. The molecule has 0 fully saturated rings. The Kier molecular flexibility index (Phi) is 3.43. The molecular formula is C14H11Br2N3O. The molecule has 0 bridgehead atoms. The van der Waals surface area contributed by atoms with E-state index in [0.717, 1.165) is 31.4 Å². The van der Waals surface area contributed by atoms with Gasteiger partial charge in [-0.15, -0.1) is 0 Å². The van der Waals surface area contributed by atoms with Crippen molar-refractivity contribution in [1.29, 1.82) is 0 Å². The van der Waals surface area contributed by atoms with E-state index in [1.54, 1.807) is 7.11 Å². The van der Waals surface area contributed by atoms with Crippen LogP contribution in [0.5, 0.6) is 5.75 Å². The minimum atomic E-state index is 0.454. The summed E-state index contributed by atoms with van der Waals surface area (Å²) in [5.74, 6) is 1.23. The number of anilines is 1. The maximum absolute atomic E-state index is 6.05. The van der Waals surface area contributed by atoms with Crippen LogP contribution in [0.1, 0.15) is 0 Å². The van der Waals surface area contributed by atoms with Gasteiger partial charge in [0.05, 0.1) is 28.3 Å². The first-order valence-electron chi connectivity index (χ1n) is 5.87. The minimum Gasteiger partial charge on any atom is -0.496 e. The Morgan fingerprint density at radius 1 is 1.15 bits per heavy atom. The zero-order valence-electron chi connectivity index (χ0n) is 10.6. The van der Waals surface area contributed by atoms with Gasteiger partial charge < -0.3 is 10.5 Å². The summed E-state index contributed by atoms with van der Waals surface area (Å²) in [5, 5.41) is 0. The van der Waals surface area contributed by atoms with Crippen molar-refractivity contribution < 1.29 is 4.74 Å². The molecule has 0 aliphatic carbocycles. The van der Waals surface area contributed by atoms with Gasteiger partial charge in [0.25, 0.3) is 0 Å². The lowest BCUT2D eigenvalue weighted by Crippen LogP contribution is -2.00. The fourth-order valence-corrected chi connectivity index (χ4v) is 3.02. The van der Waals surface area contributed by atoms with Gasteiger partial charge in [0, 0.05) is 4.47 Å². The number of fused-ring (bicyclic) bond motifs is 1. The summed E-state index contributed by atoms with van der Waals surface area (Å²) in [7, 11) is 1.64. The summed E-state index contributed by atoms with van der Waals surface area (Å²) in [5.41, 5.74) is 8.79. The highest BCUT2D eigenvalue weighted by Crippen LogP contribution is 2.31. The predicted octanol–water partition coefficient (Wildman–Crippen LogP) is 4.14. The predicted molar refractivity (Wildman–Crippen MR) is 87.4 cm³/mol. The molecule has 0 amide bonds. The molecule has 0 saturated heterocycles. The number of nitrogens with two attached hydrogens (primary N) is 1. The van der Waals surface area contributed by atoms with Gasteiger partial charge in [0.15, 0.2) is 0 Å². The Labute approximate surface area is 132 Å². The quantitative estimate of drug-likeness (QED) is 0.708. The van der Waals surface area contributed by atoms with Crippen LogP contribution in [0.3, 0.4) is 0 Å². The van der Waals surface area contributed by atoms with Gasteiger partial charge in [-0.05, 0) is 52.3 Å². The fraction of sp³-hybridized carbons (Fsp3) is 0.0714. The molecule has 0 aliphatic rings. The second-order valence-corrected chi connectivity index (χ2v) is 6.03. The largest absolute Gasteiger partial charge is 0.496 e. The van der Waals surface area contributed by atoms with Crippen LogP contribution in [-0.4, -0.2) is 16.7 Å². The van der Waals surface area contributed by atoms with Crippen molar-refractivity contribution >= 4 is 48.8 Å². The smallest absolute Gasteiger partial charge is 0.205 e. The lowest BCUT2D eigenvalue weighted by molar-refractivity contribution is 0.412. The van der Waals surface area contributed by atoms with E-state index in [1.165, 1.54) is 0 Å². The molecule has 4 nitrogen and oxygen atoms in total. The SMILES string of the molecule is COc1ccc(-n2c(N)nc3cc(Br)ccc32)cc1Br. The van der Waals surface area contributed by atoms with Crippen LogP contribution < -0.4 is 10.5 Å². The van der Waals surface area contributed by atoms with E-state index in [9.17, 15) is 0 Å². The Balaban J connectivity index is 2.23. The lowest BCUT2D eigenvalue weighted by atomic mass is 10.2. The molecule has 102 valence electrons. The van der Waals surface area contributed by atoms with E-state index in [2.05, 4.69) is 36.8 Å². The number of ether oxygens (including phenoxy) is 1. The summed E-state index contributed by atoms with van der Waals surface area (Å²) in [4.78, 5) is 4.39. The van der Waals surface area contributed by atoms with Gasteiger partial charge in [-0.2, -0.15) is 0 Å². The third kappa shape index (κ3) is 2.19. The molecule has 2 N–H and O–H groups in total. The van der Waals surface area contributed by atoms with E-state index < -0.39 is 0 Å². The van der Waals surface area contributed by atoms with Gasteiger partial charge in [-0.1, -0.05) is 15.9 Å². The second-order valence-electron chi connectivity index (χ2n) is 4.26. The van der Waals surface area contributed by atoms with E-state index in [0.29, 0.717) is 5.95 Å². The number of methoxy groups -OCH3 is 1. The Bertz CT molecular complexity index is 798. The average Bonchev–Trinajstić information content (AvgIpc) is 2.73. The van der Waals surface area contributed by atoms with E-state index in [4.69, 9.17) is 10.5 Å². The zero-order valence-corrected chi connectivity index (χ0v) is 13.8. The molecule has 0 aliphatic heterocycles. The summed E-state index contributed by atoms with van der Waals surface area (Å²) >= 11 is 6.92. The van der Waals surface area contributed by atoms with Gasteiger partial charge >= 0.3 is 0 Å². The van der Waals surface area contributed by atoms with Crippen molar-refractivity contribution in [2.24, 2.45) is 0 Å².